The molecule has 0 saturated heterocycles. The quantitative estimate of drug-likeness (QED) is 0.222. The number of likely N-dealkylation sites (N-methyl/N-ethyl adjacent to an activating group) is 1. The normalized spacial score (nSPS) is 14.6. The molecule has 0 unspecified atom stereocenters. The number of ether oxygens (including phenoxy) is 1. The van der Waals surface area contributed by atoms with E-state index < -0.39 is 0 Å². The summed E-state index contributed by atoms with van der Waals surface area (Å²) in [4.78, 5) is 21.6. The minimum Gasteiger partial charge on any atom is -0.495 e. The lowest BCUT2D eigenvalue weighted by atomic mass is 10.0. The molecule has 192 valence electrons. The molecule has 0 atom stereocenters. The molecule has 1 aliphatic rings. The van der Waals surface area contributed by atoms with Crippen LogP contribution in [0.25, 0.3) is 11.3 Å². The van der Waals surface area contributed by atoms with Crippen molar-refractivity contribution in [3.63, 3.8) is 0 Å². The van der Waals surface area contributed by atoms with Gasteiger partial charge in [0.15, 0.2) is 0 Å². The van der Waals surface area contributed by atoms with E-state index in [1.54, 1.807) is 19.4 Å². The van der Waals surface area contributed by atoms with Gasteiger partial charge in [-0.15, -0.1) is 0 Å². The van der Waals surface area contributed by atoms with Gasteiger partial charge in [0.2, 0.25) is 5.91 Å². The van der Waals surface area contributed by atoms with Crippen molar-refractivity contribution in [3.05, 3.63) is 120 Å². The summed E-state index contributed by atoms with van der Waals surface area (Å²) < 4.78 is 5.18. The van der Waals surface area contributed by atoms with Crippen molar-refractivity contribution < 1.29 is 9.53 Å². The zero-order valence-corrected chi connectivity index (χ0v) is 22.4. The maximum atomic E-state index is 13.3. The average Bonchev–Trinajstić information content (AvgIpc) is 2.92. The molecule has 0 bridgehead atoms. The molecule has 0 aromatic heterocycles. The van der Waals surface area contributed by atoms with Gasteiger partial charge >= 0.3 is 0 Å². The van der Waals surface area contributed by atoms with Gasteiger partial charge in [0.1, 0.15) is 5.76 Å². The molecule has 0 saturated carbocycles. The average molecular weight is 496 g/mol. The van der Waals surface area contributed by atoms with Gasteiger partial charge in [-0.1, -0.05) is 79.4 Å². The van der Waals surface area contributed by atoms with Crippen LogP contribution in [0, 0.1) is 6.92 Å². The number of nitrogens with zero attached hydrogens (tertiary/aromatic N) is 3. The van der Waals surface area contributed by atoms with Gasteiger partial charge in [0.05, 0.1) is 19.9 Å². The van der Waals surface area contributed by atoms with Crippen LogP contribution in [0.3, 0.4) is 0 Å². The van der Waals surface area contributed by atoms with Gasteiger partial charge in [-0.05, 0) is 54.7 Å². The number of carbonyl (C=O) groups excluding carboxylic acids is 1. The lowest BCUT2D eigenvalue weighted by Crippen LogP contribution is -2.41. The molecule has 0 fully saturated rings. The third-order valence-electron chi connectivity index (χ3n) is 6.40. The Kier molecular flexibility index (Phi) is 9.84. The SMILES string of the molecule is C=C/C(=C\N=C(C)C1=CCN(C(=O)CN(C)/C(=C\C(=C)c2cccc(C)c2)c2ccccc2)CC1)OC. The van der Waals surface area contributed by atoms with E-state index in [0.29, 0.717) is 18.8 Å². The van der Waals surface area contributed by atoms with E-state index in [1.165, 1.54) is 5.56 Å². The summed E-state index contributed by atoms with van der Waals surface area (Å²) in [5.41, 5.74) is 7.23. The highest BCUT2D eigenvalue weighted by Gasteiger charge is 2.21. The number of allylic oxidation sites excluding steroid dienone is 3. The van der Waals surface area contributed by atoms with Gasteiger partial charge < -0.3 is 14.5 Å². The monoisotopic (exact) mass is 495 g/mol. The first-order chi connectivity index (χ1) is 17.8. The molecule has 37 heavy (non-hydrogen) atoms. The standard InChI is InChI=1S/C32H37N3O2/c1-7-30(37-6)22-33-26(4)27-16-18-35(19-17-27)32(36)23-34(5)31(28-13-9-8-10-14-28)21-25(3)29-15-11-12-24(2)20-29/h7-16,20-22H,1,3,17-19,23H2,2,4-6H3/b30-22+,31-21-,33-26?. The highest BCUT2D eigenvalue weighted by molar-refractivity contribution is 5.99. The molecule has 3 rings (SSSR count). The summed E-state index contributed by atoms with van der Waals surface area (Å²) in [6.45, 7) is 13.6. The predicted molar refractivity (Wildman–Crippen MR) is 155 cm³/mol. The van der Waals surface area contributed by atoms with Crippen LogP contribution >= 0.6 is 0 Å². The van der Waals surface area contributed by atoms with E-state index in [-0.39, 0.29) is 12.5 Å². The molecule has 0 N–H and O–H groups in total. The molecule has 5 heteroatoms. The minimum absolute atomic E-state index is 0.0867. The minimum atomic E-state index is 0.0867. The van der Waals surface area contributed by atoms with E-state index in [4.69, 9.17) is 4.74 Å². The summed E-state index contributed by atoms with van der Waals surface area (Å²) >= 11 is 0. The fraction of sp³-hybridized carbons (Fsp3) is 0.250. The Hall–Kier alpha value is -4.12. The molecular formula is C32H37N3O2. The van der Waals surface area contributed by atoms with Crippen molar-refractivity contribution in [1.29, 1.82) is 0 Å². The molecule has 2 aromatic rings. The molecule has 1 heterocycles. The Morgan fingerprint density at radius 1 is 1.16 bits per heavy atom. The predicted octanol–water partition coefficient (Wildman–Crippen LogP) is 6.27. The molecule has 1 amide bonds. The van der Waals surface area contributed by atoms with Crippen LogP contribution in [0.2, 0.25) is 0 Å². The highest BCUT2D eigenvalue weighted by Crippen LogP contribution is 2.24. The van der Waals surface area contributed by atoms with Crippen LogP contribution in [0.1, 0.15) is 30.0 Å². The highest BCUT2D eigenvalue weighted by atomic mass is 16.5. The van der Waals surface area contributed by atoms with Crippen LogP contribution in [0.4, 0.5) is 0 Å². The summed E-state index contributed by atoms with van der Waals surface area (Å²) in [6, 6.07) is 18.4. The van der Waals surface area contributed by atoms with Crippen molar-refractivity contribution in [2.45, 2.75) is 20.3 Å². The second-order valence-corrected chi connectivity index (χ2v) is 9.12. The number of carbonyl (C=O) groups is 1. The van der Waals surface area contributed by atoms with Crippen LogP contribution in [-0.4, -0.2) is 55.2 Å². The second-order valence-electron chi connectivity index (χ2n) is 9.12. The lowest BCUT2D eigenvalue weighted by molar-refractivity contribution is -0.131. The smallest absolute Gasteiger partial charge is 0.242 e. The number of aliphatic imine (C=N–C) groups is 1. The lowest BCUT2D eigenvalue weighted by Gasteiger charge is -2.30. The van der Waals surface area contributed by atoms with Crippen LogP contribution in [0.5, 0.6) is 0 Å². The van der Waals surface area contributed by atoms with Crippen molar-refractivity contribution in [2.75, 3.05) is 33.8 Å². The summed E-state index contributed by atoms with van der Waals surface area (Å²) in [5, 5.41) is 0. The fourth-order valence-electron chi connectivity index (χ4n) is 4.16. The molecular weight excluding hydrogens is 458 g/mol. The molecule has 5 nitrogen and oxygen atoms in total. The van der Waals surface area contributed by atoms with E-state index in [9.17, 15) is 4.79 Å². The van der Waals surface area contributed by atoms with E-state index >= 15 is 0 Å². The number of benzene rings is 2. The Balaban J connectivity index is 1.73. The van der Waals surface area contributed by atoms with Gasteiger partial charge in [-0.3, -0.25) is 9.79 Å². The van der Waals surface area contributed by atoms with E-state index in [0.717, 1.165) is 40.1 Å². The Morgan fingerprint density at radius 3 is 2.51 bits per heavy atom. The number of hydrogen-bond acceptors (Lipinski definition) is 4. The van der Waals surface area contributed by atoms with Crippen molar-refractivity contribution >= 4 is 22.9 Å². The first kappa shape index (κ1) is 27.5. The fourth-order valence-corrected chi connectivity index (χ4v) is 4.16. The number of rotatable bonds is 10. The number of aryl methyl sites for hydroxylation is 1. The molecule has 0 radical (unpaired) electrons. The Morgan fingerprint density at radius 2 is 1.89 bits per heavy atom. The van der Waals surface area contributed by atoms with Gasteiger partial charge in [0, 0.05) is 31.5 Å². The summed E-state index contributed by atoms with van der Waals surface area (Å²) in [6.07, 6.45) is 8.20. The third kappa shape index (κ3) is 7.68. The van der Waals surface area contributed by atoms with Gasteiger partial charge in [-0.2, -0.15) is 0 Å². The van der Waals surface area contributed by atoms with Gasteiger partial charge in [0.25, 0.3) is 0 Å². The number of hydrogen-bond donors (Lipinski definition) is 0. The molecule has 1 aliphatic heterocycles. The Bertz CT molecular complexity index is 1250. The first-order valence-corrected chi connectivity index (χ1v) is 12.4. The van der Waals surface area contributed by atoms with Crippen LogP contribution in [0.15, 0.2) is 109 Å². The van der Waals surface area contributed by atoms with E-state index in [2.05, 4.69) is 67.6 Å². The molecule has 0 aliphatic carbocycles. The maximum Gasteiger partial charge on any atom is 0.242 e. The van der Waals surface area contributed by atoms with Crippen molar-refractivity contribution in [2.24, 2.45) is 4.99 Å². The zero-order chi connectivity index (χ0) is 26.8. The molecule has 2 aromatic carbocycles. The van der Waals surface area contributed by atoms with Crippen LogP contribution in [-0.2, 0) is 9.53 Å². The zero-order valence-electron chi connectivity index (χ0n) is 22.4. The van der Waals surface area contributed by atoms with Crippen molar-refractivity contribution in [1.82, 2.24) is 9.80 Å². The maximum absolute atomic E-state index is 13.3. The van der Waals surface area contributed by atoms with Gasteiger partial charge in [-0.25, -0.2) is 0 Å². The first-order valence-electron chi connectivity index (χ1n) is 12.4. The molecule has 0 spiro atoms. The Labute approximate surface area is 221 Å². The van der Waals surface area contributed by atoms with Crippen LogP contribution < -0.4 is 0 Å². The van der Waals surface area contributed by atoms with Crippen molar-refractivity contribution in [3.8, 4) is 0 Å². The number of methoxy groups -OCH3 is 1. The topological polar surface area (TPSA) is 45.1 Å². The summed E-state index contributed by atoms with van der Waals surface area (Å²) in [5.74, 6) is 0.701. The largest absolute Gasteiger partial charge is 0.495 e. The second kappa shape index (κ2) is 13.3. The van der Waals surface area contributed by atoms with E-state index in [1.807, 2.05) is 48.0 Å². The third-order valence-corrected chi connectivity index (χ3v) is 6.40. The summed E-state index contributed by atoms with van der Waals surface area (Å²) in [7, 11) is 3.55. The number of amides is 1.